The number of rotatable bonds is 3. The zero-order chi connectivity index (χ0) is 14.8. The number of nitrogens with one attached hydrogen (secondary N) is 2. The first-order chi connectivity index (χ1) is 9.33. The van der Waals surface area contributed by atoms with E-state index in [0.717, 1.165) is 13.1 Å². The molecule has 1 heterocycles. The van der Waals surface area contributed by atoms with Gasteiger partial charge in [0.15, 0.2) is 0 Å². The van der Waals surface area contributed by atoms with E-state index in [2.05, 4.69) is 10.6 Å². The Balaban J connectivity index is 2.01. The molecule has 0 atom stereocenters. The van der Waals surface area contributed by atoms with E-state index in [1.54, 1.807) is 18.2 Å². The summed E-state index contributed by atoms with van der Waals surface area (Å²) in [7, 11) is 0. The topological polar surface area (TPSA) is 59.6 Å². The lowest BCUT2D eigenvalue weighted by Crippen LogP contribution is -2.50. The van der Waals surface area contributed by atoms with Gasteiger partial charge in [-0.3, -0.25) is 5.32 Å². The van der Waals surface area contributed by atoms with Crippen LogP contribution >= 0.6 is 11.6 Å². The Hall–Kier alpha value is -1.46. The molecule has 0 aliphatic carbocycles. The van der Waals surface area contributed by atoms with Crippen LogP contribution in [0.5, 0.6) is 5.75 Å². The van der Waals surface area contributed by atoms with Crippen molar-refractivity contribution < 1.29 is 14.3 Å². The number of benzene rings is 1. The predicted molar refractivity (Wildman–Crippen MR) is 78.6 cm³/mol. The number of anilines is 1. The maximum absolute atomic E-state index is 11.7. The highest BCUT2D eigenvalue weighted by Crippen LogP contribution is 2.29. The summed E-state index contributed by atoms with van der Waals surface area (Å²) in [5.41, 5.74) is 0.0545. The van der Waals surface area contributed by atoms with Crippen molar-refractivity contribution in [2.45, 2.75) is 32.5 Å². The Bertz CT molecular complexity index is 496. The third kappa shape index (κ3) is 4.28. The lowest BCUT2D eigenvalue weighted by atomic mass is 10.2. The molecule has 0 spiro atoms. The molecule has 1 aromatic carbocycles. The summed E-state index contributed by atoms with van der Waals surface area (Å²) >= 11 is 6.08. The van der Waals surface area contributed by atoms with Crippen molar-refractivity contribution in [2.24, 2.45) is 0 Å². The molecule has 0 bridgehead atoms. The molecule has 1 aliphatic rings. The van der Waals surface area contributed by atoms with Crippen LogP contribution in [0, 0.1) is 0 Å². The smallest absolute Gasteiger partial charge is 0.412 e. The van der Waals surface area contributed by atoms with Gasteiger partial charge in [-0.1, -0.05) is 11.6 Å². The number of halogens is 1. The molecule has 20 heavy (non-hydrogen) atoms. The van der Waals surface area contributed by atoms with Crippen LogP contribution < -0.4 is 15.4 Å². The lowest BCUT2D eigenvalue weighted by Gasteiger charge is -2.28. The maximum atomic E-state index is 11.7. The van der Waals surface area contributed by atoms with Crippen molar-refractivity contribution in [2.75, 3.05) is 18.4 Å². The van der Waals surface area contributed by atoms with Gasteiger partial charge in [-0.05, 0) is 32.9 Å². The fourth-order valence-electron chi connectivity index (χ4n) is 1.62. The van der Waals surface area contributed by atoms with Crippen molar-refractivity contribution in [1.29, 1.82) is 0 Å². The van der Waals surface area contributed by atoms with E-state index in [9.17, 15) is 4.79 Å². The Morgan fingerprint density at radius 1 is 1.40 bits per heavy atom. The van der Waals surface area contributed by atoms with Crippen molar-refractivity contribution >= 4 is 23.4 Å². The average molecular weight is 299 g/mol. The van der Waals surface area contributed by atoms with Crippen molar-refractivity contribution in [3.05, 3.63) is 23.2 Å². The molecule has 2 N–H and O–H groups in total. The summed E-state index contributed by atoms with van der Waals surface area (Å²) in [6, 6.07) is 5.10. The van der Waals surface area contributed by atoms with Crippen molar-refractivity contribution in [3.8, 4) is 5.75 Å². The minimum absolute atomic E-state index is 0.129. The number of hydrogen-bond acceptors (Lipinski definition) is 4. The zero-order valence-corrected chi connectivity index (χ0v) is 12.6. The molecule has 6 heteroatoms. The quantitative estimate of drug-likeness (QED) is 0.900. The van der Waals surface area contributed by atoms with Gasteiger partial charge in [0.1, 0.15) is 17.5 Å². The molecule has 2 rings (SSSR count). The SMILES string of the molecule is CC(C)(C)OC(=O)Nc1ccc(Cl)c(OC2CNC2)c1. The highest BCUT2D eigenvalue weighted by Gasteiger charge is 2.20. The molecule has 0 aromatic heterocycles. The van der Waals surface area contributed by atoms with E-state index in [4.69, 9.17) is 21.1 Å². The van der Waals surface area contributed by atoms with Crippen LogP contribution in [-0.2, 0) is 4.74 Å². The minimum Gasteiger partial charge on any atom is -0.486 e. The van der Waals surface area contributed by atoms with Crippen LogP contribution in [0.2, 0.25) is 5.02 Å². The Kier molecular flexibility index (Phi) is 4.40. The van der Waals surface area contributed by atoms with Gasteiger partial charge in [-0.2, -0.15) is 0 Å². The van der Waals surface area contributed by atoms with Crippen LogP contribution in [0.25, 0.3) is 0 Å². The summed E-state index contributed by atoms with van der Waals surface area (Å²) < 4.78 is 10.9. The van der Waals surface area contributed by atoms with Gasteiger partial charge < -0.3 is 14.8 Å². The van der Waals surface area contributed by atoms with Gasteiger partial charge in [0.25, 0.3) is 0 Å². The molecule has 0 unspecified atom stereocenters. The first-order valence-electron chi connectivity index (χ1n) is 6.50. The van der Waals surface area contributed by atoms with E-state index in [1.165, 1.54) is 0 Å². The van der Waals surface area contributed by atoms with Crippen LogP contribution in [0.15, 0.2) is 18.2 Å². The molecular formula is C14H19ClN2O3. The molecular weight excluding hydrogens is 280 g/mol. The third-order valence-corrected chi connectivity index (χ3v) is 2.93. The summed E-state index contributed by atoms with van der Waals surface area (Å²) in [6.07, 6.45) is -0.375. The van der Waals surface area contributed by atoms with Crippen molar-refractivity contribution in [3.63, 3.8) is 0 Å². The second-order valence-corrected chi connectivity index (χ2v) is 6.08. The van der Waals surface area contributed by atoms with E-state index >= 15 is 0 Å². The second kappa shape index (κ2) is 5.89. The van der Waals surface area contributed by atoms with Gasteiger partial charge in [-0.25, -0.2) is 4.79 Å². The first-order valence-corrected chi connectivity index (χ1v) is 6.88. The van der Waals surface area contributed by atoms with Crippen LogP contribution in [0.1, 0.15) is 20.8 Å². The Labute approximate surface area is 123 Å². The average Bonchev–Trinajstić information content (AvgIpc) is 2.24. The molecule has 1 fully saturated rings. The fraction of sp³-hybridized carbons (Fsp3) is 0.500. The second-order valence-electron chi connectivity index (χ2n) is 5.67. The molecule has 0 radical (unpaired) electrons. The monoisotopic (exact) mass is 298 g/mol. The third-order valence-electron chi connectivity index (χ3n) is 2.61. The summed E-state index contributed by atoms with van der Waals surface area (Å²) in [5, 5.41) is 6.30. The van der Waals surface area contributed by atoms with Gasteiger partial charge in [0.05, 0.1) is 5.02 Å². The Morgan fingerprint density at radius 2 is 2.10 bits per heavy atom. The minimum atomic E-state index is -0.534. The molecule has 110 valence electrons. The molecule has 1 aromatic rings. The molecule has 1 aliphatic heterocycles. The maximum Gasteiger partial charge on any atom is 0.412 e. The molecule has 5 nitrogen and oxygen atoms in total. The van der Waals surface area contributed by atoms with Crippen LogP contribution in [0.3, 0.4) is 0 Å². The van der Waals surface area contributed by atoms with E-state index < -0.39 is 11.7 Å². The first kappa shape index (κ1) is 14.9. The van der Waals surface area contributed by atoms with Crippen molar-refractivity contribution in [1.82, 2.24) is 5.32 Å². The number of ether oxygens (including phenoxy) is 2. The van der Waals surface area contributed by atoms with E-state index in [0.29, 0.717) is 16.5 Å². The molecule has 0 saturated carbocycles. The fourth-order valence-corrected chi connectivity index (χ4v) is 1.78. The number of carbonyl (C=O) groups is 1. The molecule has 1 saturated heterocycles. The largest absolute Gasteiger partial charge is 0.486 e. The van der Waals surface area contributed by atoms with Crippen LogP contribution in [0.4, 0.5) is 10.5 Å². The number of amides is 1. The Morgan fingerprint density at radius 3 is 2.65 bits per heavy atom. The number of hydrogen-bond donors (Lipinski definition) is 2. The number of carbonyl (C=O) groups excluding carboxylic acids is 1. The summed E-state index contributed by atoms with van der Waals surface area (Å²) in [4.78, 5) is 11.7. The van der Waals surface area contributed by atoms with E-state index in [1.807, 2.05) is 20.8 Å². The standard InChI is InChI=1S/C14H19ClN2O3/c1-14(2,3)20-13(18)17-9-4-5-11(15)12(6-9)19-10-7-16-8-10/h4-6,10,16H,7-8H2,1-3H3,(H,17,18). The summed E-state index contributed by atoms with van der Waals surface area (Å²) in [6.45, 7) is 7.05. The normalized spacial score (nSPS) is 15.4. The molecule has 1 amide bonds. The van der Waals surface area contributed by atoms with Gasteiger partial charge in [0, 0.05) is 24.8 Å². The predicted octanol–water partition coefficient (Wildman–Crippen LogP) is 3.04. The van der Waals surface area contributed by atoms with Gasteiger partial charge in [-0.15, -0.1) is 0 Å². The highest BCUT2D eigenvalue weighted by atomic mass is 35.5. The van der Waals surface area contributed by atoms with E-state index in [-0.39, 0.29) is 6.10 Å². The zero-order valence-electron chi connectivity index (χ0n) is 11.8. The van der Waals surface area contributed by atoms with Gasteiger partial charge in [0.2, 0.25) is 0 Å². The lowest BCUT2D eigenvalue weighted by molar-refractivity contribution is 0.0636. The summed E-state index contributed by atoms with van der Waals surface area (Å²) in [5.74, 6) is 0.562. The highest BCUT2D eigenvalue weighted by molar-refractivity contribution is 6.32. The van der Waals surface area contributed by atoms with Gasteiger partial charge >= 0.3 is 6.09 Å². The van der Waals surface area contributed by atoms with Crippen LogP contribution in [-0.4, -0.2) is 30.9 Å².